The van der Waals surface area contributed by atoms with Gasteiger partial charge in [0.2, 0.25) is 11.8 Å². The first kappa shape index (κ1) is 18.9. The topological polar surface area (TPSA) is 122 Å². The monoisotopic (exact) mass is 397 g/mol. The van der Waals surface area contributed by atoms with Gasteiger partial charge in [0.25, 0.3) is 11.8 Å². The van der Waals surface area contributed by atoms with Crippen molar-refractivity contribution in [2.45, 2.75) is 6.42 Å². The molecule has 2 N–H and O–H groups in total. The van der Waals surface area contributed by atoms with Gasteiger partial charge in [-0.2, -0.15) is 0 Å². The van der Waals surface area contributed by atoms with E-state index in [-0.39, 0.29) is 35.5 Å². The molecule has 1 saturated heterocycles. The van der Waals surface area contributed by atoms with Gasteiger partial charge in [-0.3, -0.25) is 39.7 Å². The maximum Gasteiger partial charge on any atom is 0.326 e. The summed E-state index contributed by atoms with van der Waals surface area (Å²) in [6.45, 7) is -1.17. The van der Waals surface area contributed by atoms with Gasteiger partial charge in [0.15, 0.2) is 6.61 Å². The van der Waals surface area contributed by atoms with Crippen molar-refractivity contribution >= 4 is 29.6 Å². The molecule has 0 spiro atoms. The molecule has 0 unspecified atom stereocenters. The highest BCUT2D eigenvalue weighted by Gasteiger charge is 2.59. The normalized spacial score (nSPS) is 26.4. The Labute approximate surface area is 166 Å². The molecule has 2 fully saturated rings. The van der Waals surface area contributed by atoms with Gasteiger partial charge in [-0.1, -0.05) is 30.4 Å². The van der Waals surface area contributed by atoms with Crippen LogP contribution in [0, 0.1) is 23.7 Å². The van der Waals surface area contributed by atoms with Crippen molar-refractivity contribution in [3.63, 3.8) is 0 Å². The van der Waals surface area contributed by atoms with Crippen LogP contribution in [-0.2, 0) is 23.9 Å². The molecular formula is C20H19N3O6. The lowest BCUT2D eigenvalue weighted by molar-refractivity contribution is -0.155. The molecule has 4 rings (SSSR count). The first-order valence-corrected chi connectivity index (χ1v) is 9.29. The van der Waals surface area contributed by atoms with E-state index < -0.39 is 30.9 Å². The fourth-order valence-electron chi connectivity index (χ4n) is 4.26. The first-order chi connectivity index (χ1) is 14.0. The molecule has 0 radical (unpaired) electrons. The number of esters is 1. The van der Waals surface area contributed by atoms with E-state index in [1.54, 1.807) is 30.3 Å². The number of likely N-dealkylation sites (tertiary alicyclic amines) is 1. The molecule has 1 aromatic rings. The van der Waals surface area contributed by atoms with Crippen molar-refractivity contribution in [1.82, 2.24) is 15.8 Å². The van der Waals surface area contributed by atoms with E-state index >= 15 is 0 Å². The van der Waals surface area contributed by atoms with Crippen molar-refractivity contribution in [3.05, 3.63) is 48.0 Å². The van der Waals surface area contributed by atoms with E-state index in [9.17, 15) is 24.0 Å². The van der Waals surface area contributed by atoms with Crippen LogP contribution in [0.2, 0.25) is 0 Å². The van der Waals surface area contributed by atoms with Crippen LogP contribution >= 0.6 is 0 Å². The van der Waals surface area contributed by atoms with E-state index in [0.717, 1.165) is 11.3 Å². The van der Waals surface area contributed by atoms with Gasteiger partial charge in [0.05, 0.1) is 11.8 Å². The predicted octanol–water partition coefficient (Wildman–Crippen LogP) is -0.202. The van der Waals surface area contributed by atoms with Gasteiger partial charge in [0.1, 0.15) is 6.54 Å². The maximum absolute atomic E-state index is 12.5. The molecule has 4 atom stereocenters. The maximum atomic E-state index is 12.5. The van der Waals surface area contributed by atoms with Crippen LogP contribution in [0.3, 0.4) is 0 Å². The largest absolute Gasteiger partial charge is 0.454 e. The summed E-state index contributed by atoms with van der Waals surface area (Å²) in [7, 11) is 0. The van der Waals surface area contributed by atoms with Crippen LogP contribution in [0.25, 0.3) is 0 Å². The summed E-state index contributed by atoms with van der Waals surface area (Å²) >= 11 is 0. The molecule has 2 aliphatic carbocycles. The minimum atomic E-state index is -0.864. The Bertz CT molecular complexity index is 882. The molecule has 9 heteroatoms. The van der Waals surface area contributed by atoms with Gasteiger partial charge in [0, 0.05) is 5.56 Å². The van der Waals surface area contributed by atoms with Crippen molar-refractivity contribution in [2.75, 3.05) is 13.2 Å². The lowest BCUT2D eigenvalue weighted by Crippen LogP contribution is -2.44. The number of hydrogen-bond acceptors (Lipinski definition) is 6. The second kappa shape index (κ2) is 7.50. The fraction of sp³-hybridized carbons (Fsp3) is 0.350. The second-order valence-corrected chi connectivity index (χ2v) is 7.29. The number of carbonyl (C=O) groups is 5. The number of ether oxygens (including phenoxy) is 1. The third-order valence-electron chi connectivity index (χ3n) is 5.56. The molecule has 9 nitrogen and oxygen atoms in total. The molecule has 1 saturated carbocycles. The van der Waals surface area contributed by atoms with Crippen molar-refractivity contribution in [1.29, 1.82) is 0 Å². The number of allylic oxidation sites excluding steroid dienone is 2. The van der Waals surface area contributed by atoms with Gasteiger partial charge < -0.3 is 4.74 Å². The summed E-state index contributed by atoms with van der Waals surface area (Å²) in [6.07, 6.45) is 4.74. The Balaban J connectivity index is 1.22. The third-order valence-corrected chi connectivity index (χ3v) is 5.56. The standard InChI is InChI=1S/C20H19N3O6/c24-14(21-22-18(26)11-4-2-1-3-5-11)10-29-15(25)9-23-19(27)16-12-6-7-13(8-12)17(16)20(23)28/h1-7,12-13,16-17H,8-10H2,(H,21,24)(H,22,26)/t12-,13-,16+,17+/m0/s1. The number of imide groups is 1. The van der Waals surface area contributed by atoms with Crippen molar-refractivity contribution < 1.29 is 28.7 Å². The molecular weight excluding hydrogens is 378 g/mol. The number of nitrogens with zero attached hydrogens (tertiary/aromatic N) is 1. The SMILES string of the molecule is O=C(COC(=O)CN1C(=O)[C@H]2[C@H](C1=O)[C@H]1C=C[C@H]2C1)NNC(=O)c1ccccc1. The predicted molar refractivity (Wildman–Crippen MR) is 97.4 cm³/mol. The number of rotatable bonds is 5. The summed E-state index contributed by atoms with van der Waals surface area (Å²) < 4.78 is 4.83. The Morgan fingerprint density at radius 2 is 1.59 bits per heavy atom. The van der Waals surface area contributed by atoms with Gasteiger partial charge in [-0.15, -0.1) is 0 Å². The van der Waals surface area contributed by atoms with Crippen LogP contribution in [0.15, 0.2) is 42.5 Å². The second-order valence-electron chi connectivity index (χ2n) is 7.29. The van der Waals surface area contributed by atoms with E-state index in [2.05, 4.69) is 10.9 Å². The third kappa shape index (κ3) is 3.51. The molecule has 1 aromatic carbocycles. The molecule has 2 bridgehead atoms. The zero-order valence-corrected chi connectivity index (χ0v) is 15.4. The Kier molecular flexibility index (Phi) is 4.87. The van der Waals surface area contributed by atoms with Crippen LogP contribution in [-0.4, -0.2) is 47.6 Å². The average Bonchev–Trinajstić information content (AvgIpc) is 3.41. The number of carbonyl (C=O) groups excluding carboxylic acids is 5. The lowest BCUT2D eigenvalue weighted by atomic mass is 9.85. The quantitative estimate of drug-likeness (QED) is 0.307. The molecule has 1 aliphatic heterocycles. The fourth-order valence-corrected chi connectivity index (χ4v) is 4.26. The highest BCUT2D eigenvalue weighted by atomic mass is 16.5. The number of fused-ring (bicyclic) bond motifs is 5. The van der Waals surface area contributed by atoms with Crippen LogP contribution in [0.5, 0.6) is 0 Å². The number of hydrazine groups is 1. The van der Waals surface area contributed by atoms with E-state index in [0.29, 0.717) is 5.56 Å². The average molecular weight is 397 g/mol. The van der Waals surface area contributed by atoms with E-state index in [4.69, 9.17) is 4.74 Å². The van der Waals surface area contributed by atoms with Gasteiger partial charge >= 0.3 is 5.97 Å². The Morgan fingerprint density at radius 1 is 0.966 bits per heavy atom. The lowest BCUT2D eigenvalue weighted by Gasteiger charge is -2.16. The van der Waals surface area contributed by atoms with Gasteiger partial charge in [-0.05, 0) is 30.4 Å². The van der Waals surface area contributed by atoms with Gasteiger partial charge in [-0.25, -0.2) is 0 Å². The highest BCUT2D eigenvalue weighted by molar-refractivity contribution is 6.08. The van der Waals surface area contributed by atoms with Crippen LogP contribution < -0.4 is 10.9 Å². The summed E-state index contributed by atoms with van der Waals surface area (Å²) in [4.78, 5) is 61.5. The van der Waals surface area contributed by atoms with E-state index in [1.807, 2.05) is 12.2 Å². The highest BCUT2D eigenvalue weighted by Crippen LogP contribution is 2.52. The summed E-state index contributed by atoms with van der Waals surface area (Å²) in [5, 5.41) is 0. The van der Waals surface area contributed by atoms with Crippen LogP contribution in [0.4, 0.5) is 0 Å². The number of amides is 4. The first-order valence-electron chi connectivity index (χ1n) is 9.29. The minimum Gasteiger partial charge on any atom is -0.454 e. The molecule has 3 aliphatic rings. The zero-order chi connectivity index (χ0) is 20.5. The van der Waals surface area contributed by atoms with E-state index in [1.165, 1.54) is 0 Å². The summed E-state index contributed by atoms with van der Waals surface area (Å²) in [5.41, 5.74) is 4.68. The summed E-state index contributed by atoms with van der Waals surface area (Å²) in [6, 6.07) is 8.24. The number of nitrogens with one attached hydrogen (secondary N) is 2. The zero-order valence-electron chi connectivity index (χ0n) is 15.4. The van der Waals surface area contributed by atoms with Crippen molar-refractivity contribution in [2.24, 2.45) is 23.7 Å². The Hall–Kier alpha value is -3.49. The smallest absolute Gasteiger partial charge is 0.326 e. The molecule has 4 amide bonds. The molecule has 1 heterocycles. The number of hydrogen-bond donors (Lipinski definition) is 2. The van der Waals surface area contributed by atoms with Crippen LogP contribution in [0.1, 0.15) is 16.8 Å². The Morgan fingerprint density at radius 3 is 2.21 bits per heavy atom. The number of benzene rings is 1. The molecule has 29 heavy (non-hydrogen) atoms. The van der Waals surface area contributed by atoms with Crippen molar-refractivity contribution in [3.8, 4) is 0 Å². The summed E-state index contributed by atoms with van der Waals surface area (Å²) in [5.74, 6) is -3.50. The minimum absolute atomic E-state index is 0.0569. The molecule has 0 aromatic heterocycles. The molecule has 150 valence electrons.